The van der Waals surface area contributed by atoms with E-state index in [0.717, 1.165) is 38.0 Å². The van der Waals surface area contributed by atoms with E-state index in [2.05, 4.69) is 20.9 Å². The van der Waals surface area contributed by atoms with Crippen LogP contribution in [0.2, 0.25) is 0 Å². The number of carbonyl (C=O) groups excluding carboxylic acids is 2. The van der Waals surface area contributed by atoms with E-state index in [-0.39, 0.29) is 11.9 Å². The Morgan fingerprint density at radius 3 is 2.31 bits per heavy atom. The Bertz CT molecular complexity index is 895. The number of amides is 3. The molecule has 0 atom stereocenters. The maximum atomic E-state index is 12.9. The zero-order chi connectivity index (χ0) is 22.8. The van der Waals surface area contributed by atoms with Gasteiger partial charge in [0.05, 0.1) is 12.7 Å². The largest absolute Gasteiger partial charge is 0.497 e. The molecule has 3 amide bonds. The van der Waals surface area contributed by atoms with Gasteiger partial charge in [-0.1, -0.05) is 0 Å². The third kappa shape index (κ3) is 6.62. The third-order valence-electron chi connectivity index (χ3n) is 5.35. The second-order valence-corrected chi connectivity index (χ2v) is 7.69. The molecule has 8 heteroatoms. The molecule has 1 aliphatic rings. The lowest BCUT2D eigenvalue weighted by atomic mass is 10.1. The average Bonchev–Trinajstić information content (AvgIpc) is 2.82. The summed E-state index contributed by atoms with van der Waals surface area (Å²) < 4.78 is 10.2. The van der Waals surface area contributed by atoms with Crippen molar-refractivity contribution in [2.75, 3.05) is 56.0 Å². The number of rotatable bonds is 9. The number of carbonyl (C=O) groups is 2. The zero-order valence-electron chi connectivity index (χ0n) is 18.8. The molecule has 1 heterocycles. The highest BCUT2D eigenvalue weighted by Gasteiger charge is 2.19. The van der Waals surface area contributed by atoms with E-state index >= 15 is 0 Å². The Morgan fingerprint density at radius 1 is 0.938 bits per heavy atom. The molecule has 172 valence electrons. The number of hydrogen-bond acceptors (Lipinski definition) is 5. The summed E-state index contributed by atoms with van der Waals surface area (Å²) in [7, 11) is 3.23. The lowest BCUT2D eigenvalue weighted by molar-refractivity contribution is 0.0949. The van der Waals surface area contributed by atoms with Crippen molar-refractivity contribution in [3.8, 4) is 5.75 Å². The molecule has 2 aromatic carbocycles. The SMILES string of the molecule is COCCCNC(=O)c1cc(NC(=O)Nc2ccc(OC)cc2)ccc1N1CCCCC1. The van der Waals surface area contributed by atoms with Gasteiger partial charge in [0.15, 0.2) is 0 Å². The molecule has 0 radical (unpaired) electrons. The van der Waals surface area contributed by atoms with Crippen molar-refractivity contribution in [2.45, 2.75) is 25.7 Å². The number of nitrogens with zero attached hydrogens (tertiary/aromatic N) is 1. The molecule has 3 N–H and O–H groups in total. The van der Waals surface area contributed by atoms with Gasteiger partial charge in [-0.05, 0) is 68.1 Å². The van der Waals surface area contributed by atoms with Gasteiger partial charge < -0.3 is 30.3 Å². The first-order chi connectivity index (χ1) is 15.6. The summed E-state index contributed by atoms with van der Waals surface area (Å²) in [5.74, 6) is 0.561. The first-order valence-electron chi connectivity index (χ1n) is 11.0. The Morgan fingerprint density at radius 2 is 1.62 bits per heavy atom. The van der Waals surface area contributed by atoms with Crippen LogP contribution in [-0.2, 0) is 4.74 Å². The Hall–Kier alpha value is -3.26. The van der Waals surface area contributed by atoms with Crippen LogP contribution in [0.15, 0.2) is 42.5 Å². The summed E-state index contributed by atoms with van der Waals surface area (Å²) in [5, 5.41) is 8.57. The van der Waals surface area contributed by atoms with Crippen LogP contribution in [0.5, 0.6) is 5.75 Å². The van der Waals surface area contributed by atoms with Gasteiger partial charge in [0.25, 0.3) is 5.91 Å². The number of ether oxygens (including phenoxy) is 2. The van der Waals surface area contributed by atoms with Gasteiger partial charge in [0, 0.05) is 50.4 Å². The summed E-state index contributed by atoms with van der Waals surface area (Å²) in [6, 6.07) is 12.2. The van der Waals surface area contributed by atoms with E-state index in [1.54, 1.807) is 44.6 Å². The van der Waals surface area contributed by atoms with Crippen molar-refractivity contribution in [2.24, 2.45) is 0 Å². The molecule has 0 aliphatic carbocycles. The van der Waals surface area contributed by atoms with Crippen LogP contribution in [0.3, 0.4) is 0 Å². The highest BCUT2D eigenvalue weighted by Crippen LogP contribution is 2.27. The van der Waals surface area contributed by atoms with Crippen LogP contribution in [-0.4, -0.2) is 52.4 Å². The summed E-state index contributed by atoms with van der Waals surface area (Å²) in [6.07, 6.45) is 4.17. The fraction of sp³-hybridized carbons (Fsp3) is 0.417. The molecular formula is C24H32N4O4. The summed E-state index contributed by atoms with van der Waals surface area (Å²) >= 11 is 0. The molecule has 0 saturated carbocycles. The first kappa shape index (κ1) is 23.4. The first-order valence-corrected chi connectivity index (χ1v) is 11.0. The minimum atomic E-state index is -0.382. The maximum Gasteiger partial charge on any atom is 0.323 e. The topological polar surface area (TPSA) is 91.9 Å². The standard InChI is InChI=1S/C24H32N4O4/c1-31-16-6-13-25-23(29)21-17-19(9-12-22(21)28-14-4-3-5-15-28)27-24(30)26-18-7-10-20(32-2)11-8-18/h7-12,17H,3-6,13-16H2,1-2H3,(H,25,29)(H2,26,27,30). The van der Waals surface area contributed by atoms with Crippen molar-refractivity contribution < 1.29 is 19.1 Å². The van der Waals surface area contributed by atoms with Gasteiger partial charge >= 0.3 is 6.03 Å². The lowest BCUT2D eigenvalue weighted by Crippen LogP contribution is -2.33. The van der Waals surface area contributed by atoms with Crippen molar-refractivity contribution >= 4 is 29.0 Å². The maximum absolute atomic E-state index is 12.9. The van der Waals surface area contributed by atoms with Crippen LogP contribution in [0.4, 0.5) is 21.9 Å². The smallest absolute Gasteiger partial charge is 0.323 e. The molecule has 32 heavy (non-hydrogen) atoms. The van der Waals surface area contributed by atoms with Crippen LogP contribution in [0.1, 0.15) is 36.0 Å². The van der Waals surface area contributed by atoms with Gasteiger partial charge in [-0.2, -0.15) is 0 Å². The number of nitrogens with one attached hydrogen (secondary N) is 3. The van der Waals surface area contributed by atoms with E-state index < -0.39 is 0 Å². The van der Waals surface area contributed by atoms with Crippen LogP contribution < -0.4 is 25.6 Å². The minimum absolute atomic E-state index is 0.152. The zero-order valence-corrected chi connectivity index (χ0v) is 18.8. The fourth-order valence-electron chi connectivity index (χ4n) is 3.69. The molecular weight excluding hydrogens is 408 g/mol. The number of methoxy groups -OCH3 is 2. The van der Waals surface area contributed by atoms with E-state index in [4.69, 9.17) is 9.47 Å². The molecule has 0 bridgehead atoms. The number of urea groups is 1. The molecule has 1 saturated heterocycles. The highest BCUT2D eigenvalue weighted by molar-refractivity contribution is 6.04. The molecule has 2 aromatic rings. The average molecular weight is 441 g/mol. The van der Waals surface area contributed by atoms with Crippen LogP contribution in [0.25, 0.3) is 0 Å². The predicted molar refractivity (Wildman–Crippen MR) is 127 cm³/mol. The second kappa shape index (κ2) is 12.0. The summed E-state index contributed by atoms with van der Waals surface area (Å²) in [5.41, 5.74) is 2.66. The Balaban J connectivity index is 1.72. The monoisotopic (exact) mass is 440 g/mol. The highest BCUT2D eigenvalue weighted by atomic mass is 16.5. The van der Waals surface area contributed by atoms with Gasteiger partial charge in [0.1, 0.15) is 5.75 Å². The molecule has 1 aliphatic heterocycles. The van der Waals surface area contributed by atoms with E-state index in [0.29, 0.717) is 35.8 Å². The number of hydrogen-bond donors (Lipinski definition) is 3. The van der Waals surface area contributed by atoms with Crippen molar-refractivity contribution in [1.82, 2.24) is 5.32 Å². The fourth-order valence-corrected chi connectivity index (χ4v) is 3.69. The number of anilines is 3. The van der Waals surface area contributed by atoms with E-state index in [9.17, 15) is 9.59 Å². The van der Waals surface area contributed by atoms with Gasteiger partial charge in [-0.15, -0.1) is 0 Å². The van der Waals surface area contributed by atoms with Gasteiger partial charge in [-0.25, -0.2) is 4.79 Å². The molecule has 0 unspecified atom stereocenters. The minimum Gasteiger partial charge on any atom is -0.497 e. The summed E-state index contributed by atoms with van der Waals surface area (Å²) in [6.45, 7) is 2.97. The second-order valence-electron chi connectivity index (χ2n) is 7.69. The van der Waals surface area contributed by atoms with E-state index in [1.807, 2.05) is 12.1 Å². The molecule has 0 spiro atoms. The molecule has 8 nitrogen and oxygen atoms in total. The van der Waals surface area contributed by atoms with Crippen LogP contribution in [0, 0.1) is 0 Å². The predicted octanol–water partition coefficient (Wildman–Crippen LogP) is 4.10. The lowest BCUT2D eigenvalue weighted by Gasteiger charge is -2.30. The van der Waals surface area contributed by atoms with E-state index in [1.165, 1.54) is 6.42 Å². The Labute approximate surface area is 189 Å². The van der Waals surface area contributed by atoms with Gasteiger partial charge in [-0.3, -0.25) is 4.79 Å². The summed E-state index contributed by atoms with van der Waals surface area (Å²) in [4.78, 5) is 27.7. The number of benzene rings is 2. The van der Waals surface area contributed by atoms with Crippen molar-refractivity contribution in [3.05, 3.63) is 48.0 Å². The quantitative estimate of drug-likeness (QED) is 0.511. The van der Waals surface area contributed by atoms with Gasteiger partial charge in [0.2, 0.25) is 0 Å². The third-order valence-corrected chi connectivity index (χ3v) is 5.35. The molecule has 0 aromatic heterocycles. The van der Waals surface area contributed by atoms with Crippen molar-refractivity contribution in [3.63, 3.8) is 0 Å². The van der Waals surface area contributed by atoms with Crippen molar-refractivity contribution in [1.29, 1.82) is 0 Å². The molecule has 3 rings (SSSR count). The van der Waals surface area contributed by atoms with Crippen LogP contribution >= 0.6 is 0 Å². The molecule has 1 fully saturated rings. The Kier molecular flexibility index (Phi) is 8.74. The number of piperidine rings is 1. The normalized spacial score (nSPS) is 13.4.